The lowest BCUT2D eigenvalue weighted by molar-refractivity contribution is -0.113. The van der Waals surface area contributed by atoms with Gasteiger partial charge in [0.25, 0.3) is 5.56 Å². The maximum atomic E-state index is 12.8. The number of aromatic nitrogens is 3. The summed E-state index contributed by atoms with van der Waals surface area (Å²) in [6.45, 7) is 0. The molecule has 0 aromatic carbocycles. The molecule has 2 N–H and O–H groups in total. The fraction of sp³-hybridized carbons (Fsp3) is 0.500. The summed E-state index contributed by atoms with van der Waals surface area (Å²) in [7, 11) is 0. The van der Waals surface area contributed by atoms with Crippen molar-refractivity contribution in [3.05, 3.63) is 46.0 Å². The second kappa shape index (κ2) is 7.07. The second-order valence-electron chi connectivity index (χ2n) is 6.74. The predicted octanol–water partition coefficient (Wildman–Crippen LogP) is 3.24. The van der Waals surface area contributed by atoms with Crippen molar-refractivity contribution < 1.29 is 4.79 Å². The van der Waals surface area contributed by atoms with E-state index in [0.29, 0.717) is 17.1 Å². The van der Waals surface area contributed by atoms with E-state index in [1.807, 2.05) is 16.8 Å². The summed E-state index contributed by atoms with van der Waals surface area (Å²) in [5.41, 5.74) is 1.56. The van der Waals surface area contributed by atoms with Crippen LogP contribution in [-0.2, 0) is 4.79 Å². The van der Waals surface area contributed by atoms with Gasteiger partial charge < -0.3 is 5.32 Å². The van der Waals surface area contributed by atoms with Gasteiger partial charge in [0.2, 0.25) is 5.91 Å². The van der Waals surface area contributed by atoms with E-state index in [1.54, 1.807) is 12.4 Å². The summed E-state index contributed by atoms with van der Waals surface area (Å²) < 4.78 is 1.93. The molecule has 6 nitrogen and oxygen atoms in total. The number of hydrogen-bond acceptors (Lipinski definition) is 4. The van der Waals surface area contributed by atoms with Crippen LogP contribution in [0, 0.1) is 0 Å². The molecule has 2 aromatic heterocycles. The summed E-state index contributed by atoms with van der Waals surface area (Å²) in [6, 6.07) is 4.08. The highest BCUT2D eigenvalue weighted by atomic mass is 32.2. The zero-order valence-corrected chi connectivity index (χ0v) is 14.8. The Hall–Kier alpha value is -2.02. The van der Waals surface area contributed by atoms with Crippen molar-refractivity contribution in [2.75, 3.05) is 11.1 Å². The highest BCUT2D eigenvalue weighted by Gasteiger charge is 2.32. The molecule has 1 amide bonds. The number of anilines is 1. The lowest BCUT2D eigenvalue weighted by Crippen LogP contribution is -2.19. The third kappa shape index (κ3) is 3.25. The van der Waals surface area contributed by atoms with Crippen LogP contribution in [0.25, 0.3) is 0 Å². The molecule has 0 bridgehead atoms. The minimum Gasteiger partial charge on any atom is -0.310 e. The smallest absolute Gasteiger partial charge is 0.270 e. The molecule has 1 atom stereocenters. The van der Waals surface area contributed by atoms with E-state index >= 15 is 0 Å². The standard InChI is InChI=1S/C18H22N4O2S/c23-14-11-25-16(12-7-9-19-10-8-12)15-17(20-14)22(21-18(15)24)13-5-3-1-2-4-6-13/h7-10,13,16H,1-6,11H2,(H,20,23)(H,21,24). The Morgan fingerprint density at radius 3 is 2.52 bits per heavy atom. The number of nitrogens with one attached hydrogen (secondary N) is 2. The van der Waals surface area contributed by atoms with E-state index in [4.69, 9.17) is 0 Å². The minimum absolute atomic E-state index is 0.0517. The molecule has 1 saturated carbocycles. The number of fused-ring (bicyclic) bond motifs is 1. The number of amides is 1. The summed E-state index contributed by atoms with van der Waals surface area (Å²) in [4.78, 5) is 29.1. The van der Waals surface area contributed by atoms with Crippen LogP contribution in [0.3, 0.4) is 0 Å². The molecule has 1 aliphatic heterocycles. The van der Waals surface area contributed by atoms with E-state index in [2.05, 4.69) is 15.4 Å². The number of nitrogens with zero attached hydrogens (tertiary/aromatic N) is 2. The molecule has 25 heavy (non-hydrogen) atoms. The highest BCUT2D eigenvalue weighted by molar-refractivity contribution is 8.00. The average Bonchev–Trinajstić information content (AvgIpc) is 2.84. The number of rotatable bonds is 2. The normalized spacial score (nSPS) is 21.9. The molecule has 1 aliphatic carbocycles. The number of pyridine rings is 1. The lowest BCUT2D eigenvalue weighted by Gasteiger charge is -2.19. The highest BCUT2D eigenvalue weighted by Crippen LogP contribution is 2.41. The van der Waals surface area contributed by atoms with Crippen molar-refractivity contribution >= 4 is 23.5 Å². The Labute approximate surface area is 150 Å². The number of hydrogen-bond donors (Lipinski definition) is 2. The number of aromatic amines is 1. The number of thioether (sulfide) groups is 1. The summed E-state index contributed by atoms with van der Waals surface area (Å²) in [5, 5.41) is 5.84. The van der Waals surface area contributed by atoms with Crippen molar-refractivity contribution in [1.29, 1.82) is 0 Å². The van der Waals surface area contributed by atoms with Crippen molar-refractivity contribution in [2.45, 2.75) is 49.8 Å². The van der Waals surface area contributed by atoms with Crippen LogP contribution in [0.15, 0.2) is 29.3 Å². The molecule has 132 valence electrons. The SMILES string of the molecule is O=C1CSC(c2ccncc2)c2c(n(C3CCCCCC3)[nH]c2=O)N1. The van der Waals surface area contributed by atoms with Gasteiger partial charge in [-0.1, -0.05) is 25.7 Å². The van der Waals surface area contributed by atoms with Crippen molar-refractivity contribution in [2.24, 2.45) is 0 Å². The van der Waals surface area contributed by atoms with Crippen LogP contribution >= 0.6 is 11.8 Å². The predicted molar refractivity (Wildman–Crippen MR) is 99.0 cm³/mol. The van der Waals surface area contributed by atoms with E-state index in [-0.39, 0.29) is 22.8 Å². The molecule has 2 aromatic rings. The largest absolute Gasteiger partial charge is 0.310 e. The molecule has 2 aliphatic rings. The first-order valence-corrected chi connectivity index (χ1v) is 9.94. The summed E-state index contributed by atoms with van der Waals surface area (Å²) >= 11 is 1.49. The van der Waals surface area contributed by atoms with Gasteiger partial charge in [0.15, 0.2) is 0 Å². The third-order valence-corrected chi connectivity index (χ3v) is 6.33. The Morgan fingerprint density at radius 2 is 1.80 bits per heavy atom. The van der Waals surface area contributed by atoms with E-state index in [1.165, 1.54) is 24.6 Å². The van der Waals surface area contributed by atoms with Gasteiger partial charge in [-0.15, -0.1) is 11.8 Å². The molecule has 1 fully saturated rings. The van der Waals surface area contributed by atoms with Crippen LogP contribution in [-0.4, -0.2) is 26.4 Å². The molecule has 3 heterocycles. The second-order valence-corrected chi connectivity index (χ2v) is 7.83. The third-order valence-electron chi connectivity index (χ3n) is 5.06. The van der Waals surface area contributed by atoms with Gasteiger partial charge in [0, 0.05) is 12.4 Å². The molecule has 4 rings (SSSR count). The van der Waals surface area contributed by atoms with Gasteiger partial charge >= 0.3 is 0 Å². The summed E-state index contributed by atoms with van der Waals surface area (Å²) in [5.74, 6) is 0.948. The van der Waals surface area contributed by atoms with E-state index in [9.17, 15) is 9.59 Å². The first-order chi connectivity index (χ1) is 12.2. The van der Waals surface area contributed by atoms with E-state index in [0.717, 1.165) is 31.2 Å². The van der Waals surface area contributed by atoms with Crippen LogP contribution < -0.4 is 10.9 Å². The van der Waals surface area contributed by atoms with Gasteiger partial charge in [-0.05, 0) is 30.5 Å². The minimum atomic E-state index is -0.160. The van der Waals surface area contributed by atoms with Crippen LogP contribution in [0.5, 0.6) is 0 Å². The van der Waals surface area contributed by atoms with Gasteiger partial charge in [-0.25, -0.2) is 0 Å². The lowest BCUT2D eigenvalue weighted by atomic mass is 10.1. The molecule has 0 saturated heterocycles. The van der Waals surface area contributed by atoms with Crippen LogP contribution in [0.4, 0.5) is 5.82 Å². The quantitative estimate of drug-likeness (QED) is 0.808. The fourth-order valence-electron chi connectivity index (χ4n) is 3.84. The van der Waals surface area contributed by atoms with E-state index < -0.39 is 0 Å². The van der Waals surface area contributed by atoms with Gasteiger partial charge in [0.1, 0.15) is 5.82 Å². The first kappa shape index (κ1) is 16.4. The first-order valence-electron chi connectivity index (χ1n) is 8.90. The Kier molecular flexibility index (Phi) is 4.65. The summed E-state index contributed by atoms with van der Waals surface area (Å²) in [6.07, 6.45) is 10.3. The molecule has 1 unspecified atom stereocenters. The van der Waals surface area contributed by atoms with Crippen LogP contribution in [0.2, 0.25) is 0 Å². The number of carbonyl (C=O) groups excluding carboxylic acids is 1. The van der Waals surface area contributed by atoms with Gasteiger partial charge in [0.05, 0.1) is 22.6 Å². The van der Waals surface area contributed by atoms with Crippen molar-refractivity contribution in [3.8, 4) is 0 Å². The van der Waals surface area contributed by atoms with Gasteiger partial charge in [-0.3, -0.25) is 24.4 Å². The number of carbonyl (C=O) groups is 1. The Bertz CT molecular complexity index is 806. The maximum Gasteiger partial charge on any atom is 0.270 e. The zero-order valence-electron chi connectivity index (χ0n) is 14.0. The zero-order chi connectivity index (χ0) is 17.2. The fourth-order valence-corrected chi connectivity index (χ4v) is 4.96. The molecular formula is C18H22N4O2S. The van der Waals surface area contributed by atoms with Gasteiger partial charge in [-0.2, -0.15) is 0 Å². The number of H-pyrrole nitrogens is 1. The Morgan fingerprint density at radius 1 is 1.08 bits per heavy atom. The monoisotopic (exact) mass is 358 g/mol. The molecule has 0 radical (unpaired) electrons. The molecular weight excluding hydrogens is 336 g/mol. The molecule has 7 heteroatoms. The topological polar surface area (TPSA) is 79.8 Å². The van der Waals surface area contributed by atoms with Crippen LogP contribution in [0.1, 0.15) is 60.9 Å². The van der Waals surface area contributed by atoms with Crippen molar-refractivity contribution in [1.82, 2.24) is 14.8 Å². The van der Waals surface area contributed by atoms with Crippen molar-refractivity contribution in [3.63, 3.8) is 0 Å². The average molecular weight is 358 g/mol. The maximum absolute atomic E-state index is 12.8. The Balaban J connectivity index is 1.80. The molecule has 0 spiro atoms.